The molecule has 4 rings (SSSR count). The summed E-state index contributed by atoms with van der Waals surface area (Å²) in [6.07, 6.45) is 1.47. The van der Waals surface area contributed by atoms with Crippen molar-refractivity contribution in [2.24, 2.45) is 17.8 Å². The molecule has 3 unspecified atom stereocenters. The number of halogens is 1. The molecule has 0 aromatic heterocycles. The molecule has 1 aromatic rings. The van der Waals surface area contributed by atoms with Crippen LogP contribution in [0.1, 0.15) is 38.3 Å². The summed E-state index contributed by atoms with van der Waals surface area (Å²) in [6, 6.07) is 4.25. The number of benzene rings is 1. The third kappa shape index (κ3) is 4.33. The van der Waals surface area contributed by atoms with E-state index in [-0.39, 0.29) is 42.3 Å². The summed E-state index contributed by atoms with van der Waals surface area (Å²) in [5.74, 6) is -2.97. The van der Waals surface area contributed by atoms with E-state index in [1.54, 1.807) is 17.9 Å². The number of fused-ring (bicyclic) bond motifs is 1. The van der Waals surface area contributed by atoms with Gasteiger partial charge >= 0.3 is 5.97 Å². The Morgan fingerprint density at radius 3 is 2.68 bits per heavy atom. The molecular weight excluding hydrogens is 540 g/mol. The molecule has 1 aromatic carbocycles. The van der Waals surface area contributed by atoms with Crippen molar-refractivity contribution in [3.63, 3.8) is 0 Å². The molecule has 202 valence electrons. The van der Waals surface area contributed by atoms with Crippen LogP contribution in [0.2, 0.25) is 0 Å². The van der Waals surface area contributed by atoms with E-state index in [1.165, 1.54) is 4.90 Å². The molecule has 0 radical (unpaired) electrons. The zero-order valence-electron chi connectivity index (χ0n) is 22.1. The van der Waals surface area contributed by atoms with Crippen LogP contribution in [-0.2, 0) is 23.9 Å². The summed E-state index contributed by atoms with van der Waals surface area (Å²) in [4.78, 5) is 44.8. The van der Waals surface area contributed by atoms with E-state index >= 15 is 0 Å². The largest absolute Gasteiger partial charge is 0.466 e. The smallest absolute Gasteiger partial charge is 0.312 e. The first-order chi connectivity index (χ1) is 17.5. The Bertz CT molecular complexity index is 1090. The number of likely N-dealkylation sites (tertiary alicyclic amines) is 1. The molecule has 0 saturated carbocycles. The lowest BCUT2D eigenvalue weighted by atomic mass is 9.70. The fourth-order valence-corrected chi connectivity index (χ4v) is 7.37. The lowest BCUT2D eigenvalue weighted by Crippen LogP contribution is -2.60. The first-order valence-corrected chi connectivity index (χ1v) is 13.9. The molecule has 3 aliphatic heterocycles. The van der Waals surface area contributed by atoms with E-state index in [4.69, 9.17) is 9.47 Å². The van der Waals surface area contributed by atoms with Gasteiger partial charge in [-0.2, -0.15) is 0 Å². The molecule has 1 N–H and O–H groups in total. The SMILES string of the molecule is C=CCN(C(=O)C1N([C@@H](CO)C(C)C)C(=O)[C@@H]2[C@@H](C(=O)OCC)[C@@H]3OC12CC3Br)c1cc(C)ccc1C. The zero-order chi connectivity index (χ0) is 27.2. The maximum absolute atomic E-state index is 14.6. The van der Waals surface area contributed by atoms with Crippen molar-refractivity contribution < 1.29 is 29.0 Å². The van der Waals surface area contributed by atoms with Crippen LogP contribution >= 0.6 is 15.9 Å². The Morgan fingerprint density at radius 2 is 2.08 bits per heavy atom. The minimum atomic E-state index is -1.22. The molecule has 37 heavy (non-hydrogen) atoms. The summed E-state index contributed by atoms with van der Waals surface area (Å²) in [5.41, 5.74) is 1.42. The van der Waals surface area contributed by atoms with Crippen LogP contribution in [0.4, 0.5) is 5.69 Å². The van der Waals surface area contributed by atoms with Gasteiger partial charge in [-0.05, 0) is 50.3 Å². The van der Waals surface area contributed by atoms with E-state index in [9.17, 15) is 19.5 Å². The highest BCUT2D eigenvalue weighted by Crippen LogP contribution is 2.61. The molecule has 0 aliphatic carbocycles. The van der Waals surface area contributed by atoms with Crippen LogP contribution in [0.5, 0.6) is 0 Å². The number of aryl methyl sites for hydroxylation is 2. The summed E-state index contributed by atoms with van der Waals surface area (Å²) in [6.45, 7) is 13.4. The number of carbonyl (C=O) groups is 3. The predicted molar refractivity (Wildman–Crippen MR) is 143 cm³/mol. The van der Waals surface area contributed by atoms with Crippen molar-refractivity contribution in [3.05, 3.63) is 42.0 Å². The van der Waals surface area contributed by atoms with Gasteiger partial charge in [-0.1, -0.05) is 48.0 Å². The number of carbonyl (C=O) groups excluding carboxylic acids is 3. The zero-order valence-corrected chi connectivity index (χ0v) is 23.7. The fourth-order valence-electron chi connectivity index (χ4n) is 6.43. The van der Waals surface area contributed by atoms with E-state index in [2.05, 4.69) is 22.5 Å². The third-order valence-electron chi connectivity index (χ3n) is 8.07. The van der Waals surface area contributed by atoms with Crippen LogP contribution in [0.15, 0.2) is 30.9 Å². The van der Waals surface area contributed by atoms with Gasteiger partial charge in [0.1, 0.15) is 11.6 Å². The maximum Gasteiger partial charge on any atom is 0.312 e. The number of esters is 1. The van der Waals surface area contributed by atoms with Gasteiger partial charge in [-0.3, -0.25) is 14.4 Å². The van der Waals surface area contributed by atoms with Crippen LogP contribution < -0.4 is 4.90 Å². The van der Waals surface area contributed by atoms with Gasteiger partial charge < -0.3 is 24.4 Å². The van der Waals surface area contributed by atoms with E-state index in [1.807, 2.05) is 45.9 Å². The molecule has 3 saturated heterocycles. The lowest BCUT2D eigenvalue weighted by Gasteiger charge is -2.40. The summed E-state index contributed by atoms with van der Waals surface area (Å²) in [5, 5.41) is 10.4. The molecule has 3 heterocycles. The van der Waals surface area contributed by atoms with Gasteiger partial charge in [-0.15, -0.1) is 6.58 Å². The average molecular weight is 578 g/mol. The minimum absolute atomic E-state index is 0.133. The Balaban J connectivity index is 1.88. The fraction of sp³-hybridized carbons (Fsp3) is 0.607. The quantitative estimate of drug-likeness (QED) is 0.275. The number of hydrogen-bond acceptors (Lipinski definition) is 6. The monoisotopic (exact) mass is 576 g/mol. The first kappa shape index (κ1) is 27.8. The predicted octanol–water partition coefficient (Wildman–Crippen LogP) is 3.15. The Hall–Kier alpha value is -2.23. The van der Waals surface area contributed by atoms with Crippen molar-refractivity contribution in [1.29, 1.82) is 0 Å². The molecular formula is C28H37BrN2O6. The number of aliphatic hydroxyl groups excluding tert-OH is 1. The summed E-state index contributed by atoms with van der Waals surface area (Å²) in [7, 11) is 0. The second kappa shape index (κ2) is 10.5. The van der Waals surface area contributed by atoms with Crippen molar-refractivity contribution in [1.82, 2.24) is 4.90 Å². The number of ether oxygens (including phenoxy) is 2. The van der Waals surface area contributed by atoms with Gasteiger partial charge in [0.25, 0.3) is 5.91 Å². The molecule has 3 fully saturated rings. The van der Waals surface area contributed by atoms with Crippen molar-refractivity contribution >= 4 is 39.4 Å². The first-order valence-electron chi connectivity index (χ1n) is 12.9. The van der Waals surface area contributed by atoms with Crippen molar-refractivity contribution in [2.45, 2.75) is 69.7 Å². The van der Waals surface area contributed by atoms with Crippen LogP contribution in [0.25, 0.3) is 0 Å². The molecule has 2 amide bonds. The Morgan fingerprint density at radius 1 is 1.38 bits per heavy atom. The van der Waals surface area contributed by atoms with Gasteiger partial charge in [-0.25, -0.2) is 0 Å². The number of rotatable bonds is 9. The molecule has 7 atom stereocenters. The molecule has 1 spiro atoms. The van der Waals surface area contributed by atoms with E-state index in [0.717, 1.165) is 16.8 Å². The topological polar surface area (TPSA) is 96.4 Å². The van der Waals surface area contributed by atoms with Gasteiger partial charge in [0.2, 0.25) is 5.91 Å². The van der Waals surface area contributed by atoms with Crippen LogP contribution in [0.3, 0.4) is 0 Å². The van der Waals surface area contributed by atoms with Crippen molar-refractivity contribution in [2.75, 3.05) is 24.7 Å². The average Bonchev–Trinajstić information content (AvgIpc) is 3.43. The van der Waals surface area contributed by atoms with Gasteiger partial charge in [0.15, 0.2) is 0 Å². The minimum Gasteiger partial charge on any atom is -0.466 e. The van der Waals surface area contributed by atoms with Gasteiger partial charge in [0, 0.05) is 17.1 Å². The van der Waals surface area contributed by atoms with Crippen molar-refractivity contribution in [3.8, 4) is 0 Å². The molecule has 3 aliphatic rings. The highest BCUT2D eigenvalue weighted by atomic mass is 79.9. The molecule has 2 bridgehead atoms. The highest BCUT2D eigenvalue weighted by molar-refractivity contribution is 9.09. The maximum atomic E-state index is 14.6. The highest BCUT2D eigenvalue weighted by Gasteiger charge is 2.77. The van der Waals surface area contributed by atoms with Gasteiger partial charge in [0.05, 0.1) is 37.2 Å². The number of alkyl halides is 1. The Labute approximate surface area is 227 Å². The second-order valence-corrected chi connectivity index (χ2v) is 11.9. The number of anilines is 1. The van der Waals surface area contributed by atoms with Crippen LogP contribution in [0, 0.1) is 31.6 Å². The standard InChI is InChI=1S/C28H37BrN2O6/c1-7-11-30(19-12-16(5)9-10-17(19)6)26(34)24-28-13-18(29)23(37-28)21(27(35)36-8-2)22(28)25(33)31(24)20(14-32)15(3)4/h7,9-10,12,15,18,20-24,32H,1,8,11,13-14H2,2-6H3/t18?,20-,21+,22-,23+,24?,28?/m0/s1. The normalized spacial score (nSPS) is 31.0. The van der Waals surface area contributed by atoms with E-state index in [0.29, 0.717) is 6.42 Å². The van der Waals surface area contributed by atoms with Crippen LogP contribution in [-0.4, -0.2) is 76.2 Å². The summed E-state index contributed by atoms with van der Waals surface area (Å²) >= 11 is 3.67. The number of hydrogen-bond donors (Lipinski definition) is 1. The number of amides is 2. The third-order valence-corrected chi connectivity index (χ3v) is 8.91. The number of aliphatic hydroxyl groups is 1. The lowest BCUT2D eigenvalue weighted by molar-refractivity contribution is -0.155. The van der Waals surface area contributed by atoms with E-state index < -0.39 is 41.6 Å². The molecule has 9 heteroatoms. The number of nitrogens with zero attached hydrogens (tertiary/aromatic N) is 2. The molecule has 8 nitrogen and oxygen atoms in total. The second-order valence-electron chi connectivity index (χ2n) is 10.7. The Kier molecular flexibility index (Phi) is 7.89. The summed E-state index contributed by atoms with van der Waals surface area (Å²) < 4.78 is 11.9.